The lowest BCUT2D eigenvalue weighted by Crippen LogP contribution is -2.53. The van der Waals surface area contributed by atoms with E-state index in [0.29, 0.717) is 42.2 Å². The van der Waals surface area contributed by atoms with E-state index in [4.69, 9.17) is 31.0 Å². The molecule has 3 atom stereocenters. The van der Waals surface area contributed by atoms with Crippen molar-refractivity contribution in [3.63, 3.8) is 0 Å². The molecule has 1 spiro atoms. The first kappa shape index (κ1) is 42.1. The Kier molecular flexibility index (Phi) is 12.1. The summed E-state index contributed by atoms with van der Waals surface area (Å²) >= 11 is 6.36. The van der Waals surface area contributed by atoms with Gasteiger partial charge in [0.15, 0.2) is 5.82 Å². The van der Waals surface area contributed by atoms with Gasteiger partial charge in [0.2, 0.25) is 0 Å². The van der Waals surface area contributed by atoms with Gasteiger partial charge in [0.25, 0.3) is 0 Å². The van der Waals surface area contributed by atoms with E-state index < -0.39 is 11.5 Å². The number of carboxylic acid groups (broad SMARTS) is 1. The molecule has 0 bridgehead atoms. The minimum atomic E-state index is -1.07. The van der Waals surface area contributed by atoms with E-state index in [-0.39, 0.29) is 5.41 Å². The number of aryl methyl sites for hydroxylation is 1. The van der Waals surface area contributed by atoms with Crippen LogP contribution in [-0.2, 0) is 29.6 Å². The van der Waals surface area contributed by atoms with Crippen molar-refractivity contribution < 1.29 is 19.4 Å². The topological polar surface area (TPSA) is 110 Å². The zero-order chi connectivity index (χ0) is 42.8. The third kappa shape index (κ3) is 8.46. The summed E-state index contributed by atoms with van der Waals surface area (Å²) in [4.78, 5) is 30.0. The Balaban J connectivity index is 0.938. The summed E-state index contributed by atoms with van der Waals surface area (Å²) < 4.78 is 12.3. The van der Waals surface area contributed by atoms with E-state index in [1.807, 2.05) is 67.0 Å². The van der Waals surface area contributed by atoms with E-state index in [9.17, 15) is 9.90 Å². The number of carboxylic acids is 1. The van der Waals surface area contributed by atoms with Crippen molar-refractivity contribution in [1.29, 1.82) is 0 Å². The highest BCUT2D eigenvalue weighted by molar-refractivity contribution is 6.30. The summed E-state index contributed by atoms with van der Waals surface area (Å²) in [5, 5.41) is 14.8. The average Bonchev–Trinajstić information content (AvgIpc) is 3.57. The molecule has 0 amide bonds. The molecule has 1 saturated carbocycles. The van der Waals surface area contributed by atoms with E-state index in [0.717, 1.165) is 92.4 Å². The summed E-state index contributed by atoms with van der Waals surface area (Å²) in [5.41, 5.74) is 9.13. The number of rotatable bonds is 13. The number of aromatic nitrogens is 3. The van der Waals surface area contributed by atoms with Gasteiger partial charge in [-0.3, -0.25) is 9.88 Å². The number of ether oxygens (including phenoxy) is 2. The van der Waals surface area contributed by atoms with Crippen LogP contribution in [0, 0.1) is 11.8 Å². The number of fused-ring (bicyclic) bond motifs is 3. The summed E-state index contributed by atoms with van der Waals surface area (Å²) in [7, 11) is 1.69. The molecule has 62 heavy (non-hydrogen) atoms. The number of anilines is 1. The number of carbonyl (C=O) groups is 1. The molecular weight excluding hydrogens is 794 g/mol. The minimum Gasteiger partial charge on any atom is -0.496 e. The smallest absolute Gasteiger partial charge is 0.329 e. The molecular formula is C52H58ClN5O4. The van der Waals surface area contributed by atoms with Crippen LogP contribution in [0.3, 0.4) is 0 Å². The molecule has 3 aliphatic carbocycles. The molecule has 4 aliphatic rings. The Morgan fingerprint density at radius 2 is 1.82 bits per heavy atom. The minimum absolute atomic E-state index is 0.127. The molecule has 9 rings (SSSR count). The van der Waals surface area contributed by atoms with Crippen LogP contribution in [0.25, 0.3) is 16.8 Å². The fraction of sp³-hybridized carbons (Fsp3) is 0.423. The SMILES string of the molecule is COc1ccccc1-c1ccnc(C2=CCN(Cc3ccc4c(c3)C3(CCC(Nc5cccc(Cl)c5)(C(=O)O)CC3)C(C[C@@H](C)COc3ccnc5c3[C@H](C)CCC5)C4)CC2)n1. The first-order valence-corrected chi connectivity index (χ1v) is 22.9. The quantitative estimate of drug-likeness (QED) is 0.120. The monoisotopic (exact) mass is 851 g/mol. The number of hydrogen-bond acceptors (Lipinski definition) is 8. The van der Waals surface area contributed by atoms with E-state index in [1.165, 1.54) is 46.4 Å². The molecule has 1 fully saturated rings. The second kappa shape index (κ2) is 17.9. The predicted octanol–water partition coefficient (Wildman–Crippen LogP) is 11.0. The van der Waals surface area contributed by atoms with E-state index >= 15 is 0 Å². The van der Waals surface area contributed by atoms with E-state index in [1.54, 1.807) is 7.11 Å². The van der Waals surface area contributed by atoms with Crippen molar-refractivity contribution >= 4 is 28.8 Å². The Morgan fingerprint density at radius 3 is 2.61 bits per heavy atom. The van der Waals surface area contributed by atoms with Crippen LogP contribution in [0.4, 0.5) is 5.69 Å². The highest BCUT2D eigenvalue weighted by Gasteiger charge is 2.54. The van der Waals surface area contributed by atoms with Crippen LogP contribution < -0.4 is 14.8 Å². The van der Waals surface area contributed by atoms with Gasteiger partial charge < -0.3 is 19.9 Å². The van der Waals surface area contributed by atoms with Gasteiger partial charge in [0.05, 0.1) is 19.4 Å². The number of aliphatic carboxylic acids is 1. The van der Waals surface area contributed by atoms with Gasteiger partial charge in [-0.05, 0) is 152 Å². The summed E-state index contributed by atoms with van der Waals surface area (Å²) in [5.74, 6) is 2.90. The maximum Gasteiger partial charge on any atom is 0.329 e. The van der Waals surface area contributed by atoms with Crippen LogP contribution in [-0.4, -0.2) is 63.3 Å². The van der Waals surface area contributed by atoms with Crippen LogP contribution >= 0.6 is 11.6 Å². The molecule has 1 aliphatic heterocycles. The molecule has 10 heteroatoms. The zero-order valence-electron chi connectivity index (χ0n) is 36.2. The normalized spacial score (nSPS) is 23.8. The van der Waals surface area contributed by atoms with Crippen LogP contribution in [0.2, 0.25) is 5.02 Å². The molecule has 2 aromatic heterocycles. The maximum absolute atomic E-state index is 13.2. The molecule has 5 aromatic rings. The zero-order valence-corrected chi connectivity index (χ0v) is 37.0. The number of hydrogen-bond donors (Lipinski definition) is 2. The van der Waals surface area contributed by atoms with Crippen molar-refractivity contribution in [2.24, 2.45) is 11.8 Å². The maximum atomic E-state index is 13.2. The molecule has 0 saturated heterocycles. The van der Waals surface area contributed by atoms with Gasteiger partial charge in [-0.1, -0.05) is 67.9 Å². The Bertz CT molecular complexity index is 2460. The van der Waals surface area contributed by atoms with Crippen molar-refractivity contribution in [3.05, 3.63) is 136 Å². The summed E-state index contributed by atoms with van der Waals surface area (Å²) in [6, 6.07) is 26.5. The number of pyridine rings is 1. The largest absolute Gasteiger partial charge is 0.496 e. The predicted molar refractivity (Wildman–Crippen MR) is 246 cm³/mol. The Hall–Kier alpha value is -5.25. The Morgan fingerprint density at radius 1 is 0.984 bits per heavy atom. The van der Waals surface area contributed by atoms with Gasteiger partial charge in [-0.2, -0.15) is 0 Å². The molecule has 3 aromatic carbocycles. The summed E-state index contributed by atoms with van der Waals surface area (Å²) in [6.45, 7) is 7.83. The van der Waals surface area contributed by atoms with Crippen molar-refractivity contribution in [1.82, 2.24) is 19.9 Å². The third-order valence-corrected chi connectivity index (χ3v) is 14.6. The second-order valence-corrected chi connectivity index (χ2v) is 18.8. The van der Waals surface area contributed by atoms with Gasteiger partial charge in [0.1, 0.15) is 17.0 Å². The van der Waals surface area contributed by atoms with Crippen molar-refractivity contribution in [3.8, 4) is 22.8 Å². The third-order valence-electron chi connectivity index (χ3n) is 14.4. The summed E-state index contributed by atoms with van der Waals surface area (Å²) in [6.07, 6.45) is 14.9. The standard InChI is InChI=1S/C52H58ClN5O4/c1-34(33-62-47-17-25-54-45-12-6-8-35(2)48(45)47)28-39-30-38-15-14-36(29-43(38)51(39)20-22-52(23-21-51,50(59)60)57-41-10-7-9-40(53)31-41)32-58-26-18-37(19-27-58)49-55-24-16-44(56-49)42-11-4-5-13-46(42)61-3/h4-5,7,9-11,13-18,24-25,29,31,34-35,39,57H,6,8,12,19-23,26-28,30,32-33H2,1-3H3,(H,59,60)/t34-,35-,39?,51?,52?/m1/s1. The average molecular weight is 853 g/mol. The number of nitrogens with one attached hydrogen (secondary N) is 1. The van der Waals surface area contributed by atoms with Gasteiger partial charge >= 0.3 is 5.97 Å². The number of halogens is 1. The van der Waals surface area contributed by atoms with Crippen LogP contribution in [0.1, 0.15) is 105 Å². The molecule has 1 unspecified atom stereocenters. The van der Waals surface area contributed by atoms with Gasteiger partial charge in [0, 0.05) is 59.6 Å². The second-order valence-electron chi connectivity index (χ2n) is 18.4. The number of para-hydroxylation sites is 1. The lowest BCUT2D eigenvalue weighted by Gasteiger charge is -2.47. The fourth-order valence-electron chi connectivity index (χ4n) is 11.1. The molecule has 3 heterocycles. The van der Waals surface area contributed by atoms with Crippen LogP contribution in [0.15, 0.2) is 97.3 Å². The highest BCUT2D eigenvalue weighted by Crippen LogP contribution is 2.56. The molecule has 2 N–H and O–H groups in total. The molecule has 0 radical (unpaired) electrons. The number of methoxy groups -OCH3 is 1. The van der Waals surface area contributed by atoms with Crippen molar-refractivity contribution in [2.45, 2.75) is 101 Å². The van der Waals surface area contributed by atoms with E-state index in [2.05, 4.69) is 59.4 Å². The first-order valence-electron chi connectivity index (χ1n) is 22.5. The molecule has 322 valence electrons. The Labute approximate surface area is 371 Å². The van der Waals surface area contributed by atoms with Gasteiger partial charge in [-0.25, -0.2) is 14.8 Å². The molecule has 9 nitrogen and oxygen atoms in total. The lowest BCUT2D eigenvalue weighted by molar-refractivity contribution is -0.144. The van der Waals surface area contributed by atoms with Crippen molar-refractivity contribution in [2.75, 3.05) is 32.1 Å². The fourth-order valence-corrected chi connectivity index (χ4v) is 11.3. The van der Waals surface area contributed by atoms with Crippen LogP contribution in [0.5, 0.6) is 11.5 Å². The highest BCUT2D eigenvalue weighted by atomic mass is 35.5. The van der Waals surface area contributed by atoms with Gasteiger partial charge in [-0.15, -0.1) is 0 Å². The lowest BCUT2D eigenvalue weighted by atomic mass is 9.59. The first-order chi connectivity index (χ1) is 30.1. The number of nitrogens with zero attached hydrogens (tertiary/aromatic N) is 4. The number of benzene rings is 3.